The number of hydrogen-bond acceptors (Lipinski definition) is 4. The van der Waals surface area contributed by atoms with Crippen LogP contribution in [0.1, 0.15) is 13.8 Å². The van der Waals surface area contributed by atoms with E-state index < -0.39 is 5.97 Å². The highest BCUT2D eigenvalue weighted by molar-refractivity contribution is 5.80. The first-order valence-electron chi connectivity index (χ1n) is 5.60. The average Bonchev–Trinajstić information content (AvgIpc) is 2.28. The van der Waals surface area contributed by atoms with Crippen LogP contribution >= 0.6 is 0 Å². The van der Waals surface area contributed by atoms with E-state index in [1.165, 1.54) is 6.08 Å². The number of hydrogen-bond donors (Lipinski definition) is 0. The molecule has 5 nitrogen and oxygen atoms in total. The molecule has 1 heterocycles. The normalized spacial score (nSPS) is 24.3. The minimum atomic E-state index is -0.400. The van der Waals surface area contributed by atoms with Crippen LogP contribution in [0.25, 0.3) is 0 Å². The Hall–Kier alpha value is -0.620. The predicted octanol–water partition coefficient (Wildman–Crippen LogP) is -2.26. The van der Waals surface area contributed by atoms with Gasteiger partial charge in [-0.25, -0.2) is 4.79 Å². The third-order valence-corrected chi connectivity index (χ3v) is 2.86. The zero-order chi connectivity index (χ0) is 12.2. The van der Waals surface area contributed by atoms with Crippen molar-refractivity contribution >= 4 is 5.97 Å². The maximum absolute atomic E-state index is 11.3. The first kappa shape index (κ1) is 16.4. The smallest absolute Gasteiger partial charge is 0.392 e. The number of carbonyl (C=O) groups excluding carboxylic acids is 1. The van der Waals surface area contributed by atoms with E-state index in [2.05, 4.69) is 11.6 Å². The van der Waals surface area contributed by atoms with Gasteiger partial charge < -0.3 is 17.1 Å². The van der Waals surface area contributed by atoms with Crippen molar-refractivity contribution in [3.63, 3.8) is 0 Å². The molecule has 2 atom stereocenters. The molecule has 6 heteroatoms. The average molecular weight is 265 g/mol. The van der Waals surface area contributed by atoms with Gasteiger partial charge in [0.25, 0.3) is 0 Å². The Morgan fingerprint density at radius 1 is 1.71 bits per heavy atom. The van der Waals surface area contributed by atoms with Crippen LogP contribution in [0, 0.1) is 0 Å². The quantitative estimate of drug-likeness (QED) is 0.326. The molecule has 2 unspecified atom stereocenters. The number of halogens is 1. The third-order valence-electron chi connectivity index (χ3n) is 2.86. The summed E-state index contributed by atoms with van der Waals surface area (Å²) in [7, 11) is 1.87. The standard InChI is InChI=1S/C11H21N2O3.ClH/c1-5-11(14)16-13(4,6-2)12-7-8-15-10(3)9-12;/h5,10H,1,6-9H2,2-4H3;1H/q+1;/p-1. The molecule has 0 aromatic carbocycles. The first-order chi connectivity index (χ1) is 7.51. The highest BCUT2D eigenvalue weighted by Gasteiger charge is 2.37. The molecule has 0 aliphatic carbocycles. The maximum atomic E-state index is 11.3. The van der Waals surface area contributed by atoms with E-state index in [0.29, 0.717) is 13.2 Å². The molecule has 0 aromatic heterocycles. The van der Waals surface area contributed by atoms with Crippen molar-refractivity contribution in [3.05, 3.63) is 12.7 Å². The molecule has 0 aromatic rings. The first-order valence-corrected chi connectivity index (χ1v) is 5.60. The van der Waals surface area contributed by atoms with E-state index in [0.717, 1.165) is 13.1 Å². The van der Waals surface area contributed by atoms with Crippen LogP contribution in [-0.2, 0) is 14.4 Å². The summed E-state index contributed by atoms with van der Waals surface area (Å²) >= 11 is 0. The van der Waals surface area contributed by atoms with Crippen molar-refractivity contribution < 1.29 is 31.5 Å². The number of ether oxygens (including phenoxy) is 1. The van der Waals surface area contributed by atoms with Crippen LogP contribution in [0.4, 0.5) is 0 Å². The van der Waals surface area contributed by atoms with Crippen LogP contribution in [0.3, 0.4) is 0 Å². The van der Waals surface area contributed by atoms with Gasteiger partial charge >= 0.3 is 5.97 Å². The zero-order valence-corrected chi connectivity index (χ0v) is 11.4. The Balaban J connectivity index is 0.00000256. The fraction of sp³-hybridized carbons (Fsp3) is 0.727. The fourth-order valence-corrected chi connectivity index (χ4v) is 1.74. The molecule has 1 fully saturated rings. The molecule has 17 heavy (non-hydrogen) atoms. The van der Waals surface area contributed by atoms with Gasteiger partial charge in [0.1, 0.15) is 13.6 Å². The summed E-state index contributed by atoms with van der Waals surface area (Å²) in [5, 5.41) is 2.09. The second-order valence-electron chi connectivity index (χ2n) is 4.08. The van der Waals surface area contributed by atoms with E-state index in [9.17, 15) is 4.79 Å². The summed E-state index contributed by atoms with van der Waals surface area (Å²) in [6.45, 7) is 10.3. The SMILES string of the molecule is C=CC(=O)O[N+](C)(CC)N1CCOC(C)C1.[Cl-]. The van der Waals surface area contributed by atoms with Gasteiger partial charge in [0.2, 0.25) is 0 Å². The van der Waals surface area contributed by atoms with Gasteiger partial charge in [-0.05, 0) is 13.8 Å². The molecular weight excluding hydrogens is 244 g/mol. The lowest BCUT2D eigenvalue weighted by atomic mass is 10.3. The summed E-state index contributed by atoms with van der Waals surface area (Å²) in [4.78, 5) is 16.7. The number of carbonyl (C=O) groups is 1. The molecule has 1 saturated heterocycles. The van der Waals surface area contributed by atoms with Crippen molar-refractivity contribution in [2.75, 3.05) is 33.3 Å². The maximum Gasteiger partial charge on any atom is 0.392 e. The van der Waals surface area contributed by atoms with Crippen LogP contribution in [0.15, 0.2) is 12.7 Å². The lowest BCUT2D eigenvalue weighted by Gasteiger charge is -2.41. The van der Waals surface area contributed by atoms with Gasteiger partial charge in [0, 0.05) is 6.08 Å². The number of nitrogens with zero attached hydrogens (tertiary/aromatic N) is 2. The second kappa shape index (κ2) is 6.96. The lowest BCUT2D eigenvalue weighted by Crippen LogP contribution is -3.00. The minimum Gasteiger partial charge on any atom is -1.00 e. The van der Waals surface area contributed by atoms with E-state index in [1.807, 2.05) is 20.9 Å². The Kier molecular flexibility index (Phi) is 6.70. The van der Waals surface area contributed by atoms with Gasteiger partial charge in [0.15, 0.2) is 0 Å². The number of hydroxylamine groups is 2. The molecule has 0 N–H and O–H groups in total. The van der Waals surface area contributed by atoms with E-state index in [-0.39, 0.29) is 23.3 Å². The van der Waals surface area contributed by atoms with Crippen molar-refractivity contribution in [3.8, 4) is 0 Å². The van der Waals surface area contributed by atoms with Gasteiger partial charge in [0.05, 0.1) is 25.8 Å². The van der Waals surface area contributed by atoms with Crippen LogP contribution in [0.5, 0.6) is 0 Å². The largest absolute Gasteiger partial charge is 1.00 e. The summed E-state index contributed by atoms with van der Waals surface area (Å²) in [6.07, 6.45) is 1.36. The van der Waals surface area contributed by atoms with E-state index in [4.69, 9.17) is 9.57 Å². The monoisotopic (exact) mass is 264 g/mol. The van der Waals surface area contributed by atoms with Crippen molar-refractivity contribution in [1.29, 1.82) is 0 Å². The molecule has 0 bridgehead atoms. The summed E-state index contributed by atoms with van der Waals surface area (Å²) in [5.41, 5.74) is 0. The fourth-order valence-electron chi connectivity index (χ4n) is 1.74. The van der Waals surface area contributed by atoms with Crippen molar-refractivity contribution in [1.82, 2.24) is 5.01 Å². The summed E-state index contributed by atoms with van der Waals surface area (Å²) < 4.78 is 5.62. The topological polar surface area (TPSA) is 38.8 Å². The molecular formula is C11H21ClN2O3. The van der Waals surface area contributed by atoms with E-state index in [1.54, 1.807) is 0 Å². The molecule has 1 rings (SSSR count). The number of rotatable bonds is 4. The highest BCUT2D eigenvalue weighted by atomic mass is 35.5. The zero-order valence-electron chi connectivity index (χ0n) is 10.7. The molecule has 0 saturated carbocycles. The van der Waals surface area contributed by atoms with Crippen LogP contribution in [0.2, 0.25) is 0 Å². The Bertz CT molecular complexity index is 275. The minimum absolute atomic E-state index is 0. The molecule has 1 aliphatic heterocycles. The number of quaternary nitrogens is 1. The predicted molar refractivity (Wildman–Crippen MR) is 60.0 cm³/mol. The van der Waals surface area contributed by atoms with Crippen LogP contribution < -0.4 is 12.4 Å². The second-order valence-corrected chi connectivity index (χ2v) is 4.08. The van der Waals surface area contributed by atoms with Crippen molar-refractivity contribution in [2.45, 2.75) is 20.0 Å². The Morgan fingerprint density at radius 2 is 2.35 bits per heavy atom. The lowest BCUT2D eigenvalue weighted by molar-refractivity contribution is -1.16. The molecule has 0 spiro atoms. The highest BCUT2D eigenvalue weighted by Crippen LogP contribution is 2.15. The molecule has 0 amide bonds. The van der Waals surface area contributed by atoms with Gasteiger partial charge in [-0.2, -0.15) is 0 Å². The van der Waals surface area contributed by atoms with Crippen molar-refractivity contribution in [2.24, 2.45) is 0 Å². The van der Waals surface area contributed by atoms with Gasteiger partial charge in [-0.15, -0.1) is 5.01 Å². The summed E-state index contributed by atoms with van der Waals surface area (Å²) in [6, 6.07) is 0. The van der Waals surface area contributed by atoms with E-state index >= 15 is 0 Å². The Labute approximate surface area is 109 Å². The summed E-state index contributed by atoms with van der Waals surface area (Å²) in [5.74, 6) is -0.400. The molecule has 0 radical (unpaired) electrons. The van der Waals surface area contributed by atoms with Gasteiger partial charge in [-0.3, -0.25) is 4.84 Å². The van der Waals surface area contributed by atoms with Crippen LogP contribution in [-0.4, -0.2) is 55.1 Å². The Morgan fingerprint density at radius 3 is 2.82 bits per heavy atom. The third kappa shape index (κ3) is 4.27. The number of morpholine rings is 1. The van der Waals surface area contributed by atoms with Gasteiger partial charge in [-0.1, -0.05) is 11.3 Å². The molecule has 100 valence electrons. The molecule has 1 aliphatic rings.